The molecule has 14 rings (SSSR count). The number of ether oxygens (including phenoxy) is 2. The van der Waals surface area contributed by atoms with Gasteiger partial charge in [0.15, 0.2) is 0 Å². The van der Waals surface area contributed by atoms with Crippen LogP contribution >= 0.6 is 0 Å². The van der Waals surface area contributed by atoms with Crippen LogP contribution in [0.4, 0.5) is 0 Å². The van der Waals surface area contributed by atoms with Gasteiger partial charge < -0.3 is 54.4 Å². The monoisotopic (exact) mass is 1140 g/mol. The highest BCUT2D eigenvalue weighted by Crippen LogP contribution is 2.44. The van der Waals surface area contributed by atoms with E-state index in [9.17, 15) is 14.7 Å². The number of aryl methyl sites for hydroxylation is 4. The Kier molecular flexibility index (Phi) is 15.7. The number of likely N-dealkylation sites (tertiary alicyclic amines) is 2. The molecule has 0 bridgehead atoms. The van der Waals surface area contributed by atoms with E-state index in [2.05, 4.69) is 55.3 Å². The van der Waals surface area contributed by atoms with E-state index in [-0.39, 0.29) is 17.6 Å². The zero-order valence-corrected chi connectivity index (χ0v) is 48.2. The lowest BCUT2D eigenvalue weighted by molar-refractivity contribution is 0.0683. The minimum Gasteiger partial charge on any atom is -0.496 e. The number of nitrogens with zero attached hydrogens (tertiary/aromatic N) is 10. The Labute approximate surface area is 488 Å². The van der Waals surface area contributed by atoms with Crippen molar-refractivity contribution in [2.24, 2.45) is 5.73 Å². The molecule has 0 aliphatic carbocycles. The molecule has 21 nitrogen and oxygen atoms in total. The number of para-hydroxylation sites is 2. The highest BCUT2D eigenvalue weighted by Gasteiger charge is 2.26. The van der Waals surface area contributed by atoms with Gasteiger partial charge in [-0.15, -0.1) is 0 Å². The topological polar surface area (TPSA) is 278 Å². The van der Waals surface area contributed by atoms with E-state index in [0.717, 1.165) is 126 Å². The number of methoxy groups -OCH3 is 2. The van der Waals surface area contributed by atoms with E-state index < -0.39 is 5.97 Å². The van der Waals surface area contributed by atoms with Gasteiger partial charge in [0.05, 0.1) is 69.9 Å². The zero-order valence-electron chi connectivity index (χ0n) is 48.2. The maximum absolute atomic E-state index is 13.4. The maximum atomic E-state index is 13.4. The number of rotatable bonds is 13. The molecule has 2 saturated heterocycles. The van der Waals surface area contributed by atoms with Gasteiger partial charge in [-0.3, -0.25) is 14.8 Å². The number of aromatic carboxylic acids is 1. The quantitative estimate of drug-likeness (QED) is 0.0717. The first kappa shape index (κ1) is 55.8. The first-order valence-electron chi connectivity index (χ1n) is 28.4. The van der Waals surface area contributed by atoms with E-state index in [1.165, 1.54) is 38.8 Å². The lowest BCUT2D eigenvalue weighted by Gasteiger charge is -2.14. The first-order valence-corrected chi connectivity index (χ1v) is 28.4. The van der Waals surface area contributed by atoms with Gasteiger partial charge in [-0.05, 0) is 128 Å². The van der Waals surface area contributed by atoms with Crippen molar-refractivity contribution in [3.8, 4) is 56.3 Å². The SMILES string of the molecule is COc1cc2c(cc1-c1c(C)noc1C)[nH]c1nc(C(=O)NCCN3CCCC3)nc(-c3ccnc4ccccc34)c12.COc1cc2c(cc1-c1c(C)noc1C)[nH]c1nc(C(=O)O)nc(-c3ccnc4ccccc34)c12.NCCN1CCCC1. The number of fused-ring (bicyclic) bond motifs is 8. The fourth-order valence-corrected chi connectivity index (χ4v) is 11.9. The highest BCUT2D eigenvalue weighted by atomic mass is 16.5. The van der Waals surface area contributed by atoms with Crippen LogP contribution in [0.2, 0.25) is 0 Å². The molecule has 432 valence electrons. The number of nitrogens with two attached hydrogens (primary N) is 1. The molecule has 85 heavy (non-hydrogen) atoms. The number of hydrogen-bond donors (Lipinski definition) is 5. The molecule has 0 atom stereocenters. The molecule has 10 heterocycles. The van der Waals surface area contributed by atoms with Crippen molar-refractivity contribution < 1.29 is 33.2 Å². The average molecular weight is 1140 g/mol. The van der Waals surface area contributed by atoms with Crippen LogP contribution in [0.5, 0.6) is 11.5 Å². The molecule has 1 amide bonds. The Morgan fingerprint density at radius 1 is 0.600 bits per heavy atom. The lowest BCUT2D eigenvalue weighted by atomic mass is 9.99. The van der Waals surface area contributed by atoms with Crippen LogP contribution in [0.1, 0.15) is 69.8 Å². The second-order valence-corrected chi connectivity index (χ2v) is 21.3. The number of carboxylic acid groups (broad SMARTS) is 1. The molecule has 21 heteroatoms. The average Bonchev–Trinajstić information content (AvgIpc) is 2.13. The van der Waals surface area contributed by atoms with E-state index in [1.54, 1.807) is 26.6 Å². The number of carboxylic acids is 1. The maximum Gasteiger partial charge on any atom is 0.374 e. The van der Waals surface area contributed by atoms with E-state index >= 15 is 0 Å². The Balaban J connectivity index is 0.000000149. The summed E-state index contributed by atoms with van der Waals surface area (Å²) in [6.45, 7) is 15.5. The number of benzene rings is 4. The summed E-state index contributed by atoms with van der Waals surface area (Å²) < 4.78 is 22.4. The number of amides is 1. The zero-order chi connectivity index (χ0) is 58.9. The molecule has 0 unspecified atom stereocenters. The van der Waals surface area contributed by atoms with Crippen molar-refractivity contribution in [3.05, 3.63) is 132 Å². The molecule has 2 aliphatic rings. The predicted molar refractivity (Wildman–Crippen MR) is 327 cm³/mol. The second kappa shape index (κ2) is 23.9. The summed E-state index contributed by atoms with van der Waals surface area (Å²) >= 11 is 0. The second-order valence-electron chi connectivity index (χ2n) is 21.3. The number of aromatic nitrogens is 10. The largest absolute Gasteiger partial charge is 0.496 e. The molecule has 8 aromatic heterocycles. The van der Waals surface area contributed by atoms with Crippen LogP contribution < -0.4 is 20.5 Å². The molecule has 6 N–H and O–H groups in total. The van der Waals surface area contributed by atoms with Crippen LogP contribution in [0, 0.1) is 27.7 Å². The van der Waals surface area contributed by atoms with Gasteiger partial charge in [-0.1, -0.05) is 46.7 Å². The van der Waals surface area contributed by atoms with Crippen molar-refractivity contribution in [2.75, 3.05) is 66.6 Å². The number of nitrogens with one attached hydrogen (secondary N) is 3. The molecule has 4 aromatic carbocycles. The van der Waals surface area contributed by atoms with Gasteiger partial charge in [0.1, 0.15) is 34.3 Å². The molecule has 0 saturated carbocycles. The van der Waals surface area contributed by atoms with Crippen LogP contribution in [0.15, 0.2) is 106 Å². The Bertz CT molecular complexity index is 4450. The highest BCUT2D eigenvalue weighted by molar-refractivity contribution is 6.18. The molecular formula is C64H64N14O7. The standard InChI is InChI=1S/C32H31N7O3.C26H19N5O4.C6H14N2/c1-18-27(19(2)42-38-18)23-16-25-22(17-26(23)41-3)28-29(21-10-11-33-24-9-5-4-8-20(21)24)36-31(37-30(28)35-25)32(40)34-12-15-39-13-6-7-14-39;1-12-21(13(2)35-31-12)17-10-19-16(11-20(17)34-3)22-23(29-25(26(32)33)30-24(22)28-19)15-8-9-27-18-7-5-4-6-14(15)18;7-3-6-8-4-1-2-5-8/h4-5,8-11,16-17H,6-7,12-15H2,1-3H3,(H,34,40)(H,35,36,37);4-11H,1-3H3,(H,32,33)(H,28,29,30);1-7H2. The minimum atomic E-state index is -1.21. The number of carbonyl (C=O) groups excluding carboxylic acids is 1. The van der Waals surface area contributed by atoms with Gasteiger partial charge in [0.2, 0.25) is 11.6 Å². The van der Waals surface area contributed by atoms with Crippen molar-refractivity contribution >= 4 is 77.6 Å². The van der Waals surface area contributed by atoms with Crippen LogP contribution in [0.3, 0.4) is 0 Å². The summed E-state index contributed by atoms with van der Waals surface area (Å²) in [6.07, 6.45) is 8.63. The molecule has 12 aromatic rings. The number of aromatic amines is 2. The Morgan fingerprint density at radius 2 is 1.06 bits per heavy atom. The molecule has 0 spiro atoms. The third-order valence-electron chi connectivity index (χ3n) is 15.9. The molecule has 0 radical (unpaired) electrons. The first-order chi connectivity index (χ1) is 41.4. The van der Waals surface area contributed by atoms with Crippen molar-refractivity contribution in [3.63, 3.8) is 0 Å². The number of pyridine rings is 2. The number of H-pyrrole nitrogens is 2. The van der Waals surface area contributed by atoms with Gasteiger partial charge in [-0.2, -0.15) is 0 Å². The summed E-state index contributed by atoms with van der Waals surface area (Å²) in [6, 6.07) is 27.2. The summed E-state index contributed by atoms with van der Waals surface area (Å²) in [5, 5.41) is 26.0. The number of carbonyl (C=O) groups is 2. The van der Waals surface area contributed by atoms with Crippen LogP contribution in [0.25, 0.3) is 110 Å². The predicted octanol–water partition coefficient (Wildman–Crippen LogP) is 10.8. The van der Waals surface area contributed by atoms with Crippen molar-refractivity contribution in [2.45, 2.75) is 53.4 Å². The normalized spacial score (nSPS) is 13.7. The third kappa shape index (κ3) is 10.8. The van der Waals surface area contributed by atoms with Gasteiger partial charge in [-0.25, -0.2) is 24.7 Å². The Morgan fingerprint density at radius 3 is 1.51 bits per heavy atom. The van der Waals surface area contributed by atoms with E-state index in [4.69, 9.17) is 34.2 Å². The van der Waals surface area contributed by atoms with Crippen molar-refractivity contribution in [1.82, 2.24) is 65.3 Å². The van der Waals surface area contributed by atoms with Crippen molar-refractivity contribution in [1.29, 1.82) is 0 Å². The van der Waals surface area contributed by atoms with Crippen LogP contribution in [-0.2, 0) is 0 Å². The minimum absolute atomic E-state index is 0.115. The molecule has 2 aliphatic heterocycles. The summed E-state index contributed by atoms with van der Waals surface area (Å²) in [7, 11) is 3.25. The Hall–Kier alpha value is -9.70. The fourth-order valence-electron chi connectivity index (χ4n) is 11.9. The summed E-state index contributed by atoms with van der Waals surface area (Å²) in [4.78, 5) is 64.2. The van der Waals surface area contributed by atoms with Gasteiger partial charge >= 0.3 is 5.97 Å². The van der Waals surface area contributed by atoms with E-state index in [1.807, 2.05) is 113 Å². The fraction of sp³-hybridized carbons (Fsp3) is 0.281. The van der Waals surface area contributed by atoms with E-state index in [0.29, 0.717) is 57.6 Å². The van der Waals surface area contributed by atoms with Crippen LogP contribution in [-0.4, -0.2) is 144 Å². The summed E-state index contributed by atoms with van der Waals surface area (Å²) in [5.74, 6) is 0.989. The lowest BCUT2D eigenvalue weighted by Crippen LogP contribution is -2.34. The van der Waals surface area contributed by atoms with Gasteiger partial charge in [0, 0.05) is 93.4 Å². The third-order valence-corrected chi connectivity index (χ3v) is 15.9. The summed E-state index contributed by atoms with van der Waals surface area (Å²) in [5.41, 5.74) is 17.3. The smallest absolute Gasteiger partial charge is 0.374 e. The molecular weight excluding hydrogens is 1080 g/mol. The van der Waals surface area contributed by atoms with Gasteiger partial charge in [0.25, 0.3) is 5.91 Å². The number of hydrogen-bond acceptors (Lipinski definition) is 17. The molecule has 2 fully saturated rings.